The SMILES string of the molecule is CCOC(=O)c1c(NC(=O)CCSc2nnc(-c3ccc(F)cc3)n2-c2ccccc2)sc2c1CCC2. The van der Waals surface area contributed by atoms with Crippen LogP contribution in [-0.2, 0) is 22.4 Å². The van der Waals surface area contributed by atoms with E-state index >= 15 is 0 Å². The zero-order valence-electron chi connectivity index (χ0n) is 20.2. The number of hydrogen-bond acceptors (Lipinski definition) is 7. The average molecular weight is 537 g/mol. The van der Waals surface area contributed by atoms with Gasteiger partial charge in [0.25, 0.3) is 0 Å². The number of rotatable bonds is 9. The van der Waals surface area contributed by atoms with Gasteiger partial charge < -0.3 is 10.1 Å². The van der Waals surface area contributed by atoms with Crippen LogP contribution in [0, 0.1) is 5.82 Å². The van der Waals surface area contributed by atoms with E-state index in [2.05, 4.69) is 15.5 Å². The summed E-state index contributed by atoms with van der Waals surface area (Å²) in [6.07, 6.45) is 2.99. The molecule has 1 aliphatic rings. The molecule has 7 nitrogen and oxygen atoms in total. The van der Waals surface area contributed by atoms with Crippen molar-refractivity contribution >= 4 is 40.0 Å². The van der Waals surface area contributed by atoms with Gasteiger partial charge in [-0.3, -0.25) is 9.36 Å². The standard InChI is InChI=1S/C27H25FN4O3S2/c1-2-35-26(34)23-20-9-6-10-21(20)37-25(23)29-22(33)15-16-36-27-31-30-24(17-11-13-18(28)14-12-17)32(27)19-7-4-3-5-8-19/h3-5,7-8,11-14H,2,6,9-10,15-16H2,1H3,(H,29,33). The predicted molar refractivity (Wildman–Crippen MR) is 143 cm³/mol. The first-order chi connectivity index (χ1) is 18.0. The molecule has 2 aromatic heterocycles. The Morgan fingerprint density at radius 2 is 1.89 bits per heavy atom. The fraction of sp³-hybridized carbons (Fsp3) is 0.259. The van der Waals surface area contributed by atoms with Crippen LogP contribution in [0.15, 0.2) is 59.8 Å². The number of amides is 1. The minimum atomic E-state index is -0.379. The quantitative estimate of drug-likeness (QED) is 0.211. The maximum atomic E-state index is 13.5. The van der Waals surface area contributed by atoms with Crippen molar-refractivity contribution in [1.29, 1.82) is 0 Å². The maximum absolute atomic E-state index is 13.5. The zero-order valence-corrected chi connectivity index (χ0v) is 21.8. The molecule has 0 saturated heterocycles. The zero-order chi connectivity index (χ0) is 25.8. The van der Waals surface area contributed by atoms with Crippen LogP contribution in [0.2, 0.25) is 0 Å². The summed E-state index contributed by atoms with van der Waals surface area (Å²) in [6.45, 7) is 2.06. The number of aromatic nitrogens is 3. The molecule has 0 bridgehead atoms. The first-order valence-corrected chi connectivity index (χ1v) is 13.9. The normalized spacial score (nSPS) is 12.4. The smallest absolute Gasteiger partial charge is 0.341 e. The Morgan fingerprint density at radius 3 is 2.65 bits per heavy atom. The van der Waals surface area contributed by atoms with Crippen molar-refractivity contribution in [3.05, 3.63) is 76.4 Å². The van der Waals surface area contributed by atoms with Crippen LogP contribution in [0.1, 0.15) is 40.6 Å². The molecular weight excluding hydrogens is 511 g/mol. The number of aryl methyl sites for hydroxylation is 1. The number of carbonyl (C=O) groups excluding carboxylic acids is 2. The summed E-state index contributed by atoms with van der Waals surface area (Å²) < 4.78 is 20.6. The van der Waals surface area contributed by atoms with Crippen LogP contribution >= 0.6 is 23.1 Å². The van der Waals surface area contributed by atoms with Crippen molar-refractivity contribution in [2.24, 2.45) is 0 Å². The molecule has 0 saturated carbocycles. The second-order valence-electron chi connectivity index (χ2n) is 8.41. The van der Waals surface area contributed by atoms with Crippen LogP contribution in [0.25, 0.3) is 17.1 Å². The first-order valence-electron chi connectivity index (χ1n) is 12.1. The van der Waals surface area contributed by atoms with Crippen molar-refractivity contribution < 1.29 is 18.7 Å². The van der Waals surface area contributed by atoms with Gasteiger partial charge in [0.2, 0.25) is 5.91 Å². The Hall–Kier alpha value is -3.50. The number of para-hydroxylation sites is 1. The van der Waals surface area contributed by atoms with E-state index in [-0.39, 0.29) is 30.7 Å². The number of esters is 1. The number of hydrogen-bond donors (Lipinski definition) is 1. The van der Waals surface area contributed by atoms with E-state index in [9.17, 15) is 14.0 Å². The number of fused-ring (bicyclic) bond motifs is 1. The lowest BCUT2D eigenvalue weighted by Crippen LogP contribution is -2.15. The van der Waals surface area contributed by atoms with Gasteiger partial charge in [-0.15, -0.1) is 21.5 Å². The molecule has 0 radical (unpaired) electrons. The third-order valence-electron chi connectivity index (χ3n) is 5.96. The molecule has 2 heterocycles. The fourth-order valence-corrected chi connectivity index (χ4v) is 6.48. The molecule has 0 atom stereocenters. The van der Waals surface area contributed by atoms with Crippen LogP contribution in [0.4, 0.5) is 9.39 Å². The average Bonchev–Trinajstić information content (AvgIpc) is 3.60. The molecule has 2 aromatic carbocycles. The molecule has 0 spiro atoms. The molecule has 4 aromatic rings. The molecule has 0 unspecified atom stereocenters. The number of anilines is 1. The van der Waals surface area contributed by atoms with Gasteiger partial charge in [-0.2, -0.15) is 0 Å². The summed E-state index contributed by atoms with van der Waals surface area (Å²) in [5.41, 5.74) is 3.12. The lowest BCUT2D eigenvalue weighted by Gasteiger charge is -2.10. The number of ether oxygens (including phenoxy) is 1. The number of nitrogens with one attached hydrogen (secondary N) is 1. The number of benzene rings is 2. The van der Waals surface area contributed by atoms with E-state index in [1.165, 1.54) is 35.2 Å². The summed E-state index contributed by atoms with van der Waals surface area (Å²) in [6, 6.07) is 15.8. The Morgan fingerprint density at radius 1 is 1.11 bits per heavy atom. The van der Waals surface area contributed by atoms with Gasteiger partial charge in [0.1, 0.15) is 10.8 Å². The summed E-state index contributed by atoms with van der Waals surface area (Å²) in [7, 11) is 0. The molecule has 37 heavy (non-hydrogen) atoms. The predicted octanol–water partition coefficient (Wildman–Crippen LogP) is 5.92. The minimum Gasteiger partial charge on any atom is -0.462 e. The van der Waals surface area contributed by atoms with E-state index in [0.29, 0.717) is 27.3 Å². The lowest BCUT2D eigenvalue weighted by molar-refractivity contribution is -0.115. The third kappa shape index (κ3) is 5.45. The number of halogens is 1. The van der Waals surface area contributed by atoms with E-state index in [1.807, 2.05) is 34.9 Å². The van der Waals surface area contributed by atoms with Gasteiger partial charge in [-0.1, -0.05) is 30.0 Å². The Balaban J connectivity index is 1.30. The molecule has 5 rings (SSSR count). The highest BCUT2D eigenvalue weighted by molar-refractivity contribution is 7.99. The highest BCUT2D eigenvalue weighted by atomic mass is 32.2. The van der Waals surface area contributed by atoms with Crippen LogP contribution in [0.5, 0.6) is 0 Å². The minimum absolute atomic E-state index is 0.178. The molecule has 1 N–H and O–H groups in total. The largest absolute Gasteiger partial charge is 0.462 e. The Kier molecular flexibility index (Phi) is 7.66. The highest BCUT2D eigenvalue weighted by Crippen LogP contribution is 2.39. The first kappa shape index (κ1) is 25.2. The molecule has 1 aliphatic carbocycles. The van der Waals surface area contributed by atoms with E-state index < -0.39 is 0 Å². The molecule has 0 fully saturated rings. The summed E-state index contributed by atoms with van der Waals surface area (Å²) in [4.78, 5) is 26.5. The van der Waals surface area contributed by atoms with E-state index in [1.54, 1.807) is 19.1 Å². The molecule has 1 amide bonds. The summed E-state index contributed by atoms with van der Waals surface area (Å²) in [5.74, 6) is 0.168. The van der Waals surface area contributed by atoms with Crippen LogP contribution in [-0.4, -0.2) is 39.0 Å². The van der Waals surface area contributed by atoms with E-state index in [4.69, 9.17) is 4.74 Å². The fourth-order valence-electron chi connectivity index (χ4n) is 4.29. The number of thioether (sulfide) groups is 1. The molecule has 190 valence electrons. The summed E-state index contributed by atoms with van der Waals surface area (Å²) >= 11 is 2.88. The van der Waals surface area contributed by atoms with Crippen molar-refractivity contribution in [2.75, 3.05) is 17.7 Å². The van der Waals surface area contributed by atoms with Crippen LogP contribution in [0.3, 0.4) is 0 Å². The number of carbonyl (C=O) groups is 2. The van der Waals surface area contributed by atoms with Crippen LogP contribution < -0.4 is 5.32 Å². The van der Waals surface area contributed by atoms with Crippen molar-refractivity contribution in [1.82, 2.24) is 14.8 Å². The second kappa shape index (κ2) is 11.3. The van der Waals surface area contributed by atoms with Crippen molar-refractivity contribution in [3.8, 4) is 17.1 Å². The van der Waals surface area contributed by atoms with Crippen molar-refractivity contribution in [2.45, 2.75) is 37.8 Å². The topological polar surface area (TPSA) is 86.1 Å². The number of thiophene rings is 1. The Bertz CT molecular complexity index is 1420. The van der Waals surface area contributed by atoms with E-state index in [0.717, 1.165) is 41.0 Å². The molecule has 0 aliphatic heterocycles. The third-order valence-corrected chi connectivity index (χ3v) is 8.10. The van der Waals surface area contributed by atoms with Gasteiger partial charge in [0, 0.05) is 28.3 Å². The second-order valence-corrected chi connectivity index (χ2v) is 10.6. The molecular formula is C27H25FN4O3S2. The van der Waals surface area contributed by atoms with Gasteiger partial charge >= 0.3 is 5.97 Å². The number of nitrogens with zero attached hydrogens (tertiary/aromatic N) is 3. The molecule has 10 heteroatoms. The lowest BCUT2D eigenvalue weighted by atomic mass is 10.1. The van der Waals surface area contributed by atoms with Gasteiger partial charge in [0.05, 0.1) is 12.2 Å². The van der Waals surface area contributed by atoms with Crippen molar-refractivity contribution in [3.63, 3.8) is 0 Å². The highest BCUT2D eigenvalue weighted by Gasteiger charge is 2.28. The Labute approximate surface area is 222 Å². The van der Waals surface area contributed by atoms with Gasteiger partial charge in [-0.25, -0.2) is 9.18 Å². The van der Waals surface area contributed by atoms with Gasteiger partial charge in [0.15, 0.2) is 11.0 Å². The maximum Gasteiger partial charge on any atom is 0.341 e. The monoisotopic (exact) mass is 536 g/mol. The summed E-state index contributed by atoms with van der Waals surface area (Å²) in [5, 5.41) is 12.8. The van der Waals surface area contributed by atoms with Gasteiger partial charge in [-0.05, 0) is 68.1 Å².